The van der Waals surface area contributed by atoms with Crippen LogP contribution in [0.25, 0.3) is 0 Å². The van der Waals surface area contributed by atoms with Crippen molar-refractivity contribution in [3.63, 3.8) is 0 Å². The van der Waals surface area contributed by atoms with Gasteiger partial charge < -0.3 is 25.2 Å². The minimum Gasteiger partial charge on any atom is -0.391 e. The van der Waals surface area contributed by atoms with Gasteiger partial charge in [-0.05, 0) is 0 Å². The zero-order valence-electron chi connectivity index (χ0n) is 6.22. The molecular formula is C6H11FO5. The second kappa shape index (κ2) is 3.23. The molecule has 0 saturated carbocycles. The van der Waals surface area contributed by atoms with Gasteiger partial charge in [0, 0.05) is 0 Å². The third kappa shape index (κ3) is 1.32. The third-order valence-electron chi connectivity index (χ3n) is 1.90. The van der Waals surface area contributed by atoms with Crippen LogP contribution in [0.3, 0.4) is 0 Å². The molecule has 72 valence electrons. The normalized spacial score (nSPS) is 48.2. The van der Waals surface area contributed by atoms with Gasteiger partial charge in [-0.15, -0.1) is 0 Å². The van der Waals surface area contributed by atoms with Crippen molar-refractivity contribution in [3.8, 4) is 0 Å². The van der Waals surface area contributed by atoms with Crippen LogP contribution in [0.5, 0.6) is 0 Å². The largest absolute Gasteiger partial charge is 0.391 e. The Hall–Kier alpha value is -0.270. The Labute approximate surface area is 68.0 Å². The molecule has 0 aromatic heterocycles. The molecule has 0 radical (unpaired) electrons. The SMILES string of the molecule is OC[C@]1(O)O[C@H](CF)[C@@H](O)[C@@H]1O. The first-order valence-electron chi connectivity index (χ1n) is 3.48. The molecule has 0 spiro atoms. The Morgan fingerprint density at radius 2 is 2.00 bits per heavy atom. The molecule has 0 aromatic rings. The van der Waals surface area contributed by atoms with Crippen LogP contribution in [0.4, 0.5) is 4.39 Å². The molecule has 5 nitrogen and oxygen atoms in total. The summed E-state index contributed by atoms with van der Waals surface area (Å²) >= 11 is 0. The topological polar surface area (TPSA) is 90.2 Å². The highest BCUT2D eigenvalue weighted by Gasteiger charge is 2.52. The molecule has 12 heavy (non-hydrogen) atoms. The van der Waals surface area contributed by atoms with Gasteiger partial charge in [0.05, 0.1) is 6.61 Å². The van der Waals surface area contributed by atoms with E-state index in [0.29, 0.717) is 0 Å². The molecule has 1 rings (SSSR count). The van der Waals surface area contributed by atoms with Crippen molar-refractivity contribution in [2.24, 2.45) is 0 Å². The number of aliphatic hydroxyl groups is 4. The lowest BCUT2D eigenvalue weighted by atomic mass is 10.1. The third-order valence-corrected chi connectivity index (χ3v) is 1.90. The monoisotopic (exact) mass is 182 g/mol. The predicted octanol–water partition coefficient (Wildman–Crippen LogP) is -2.24. The highest BCUT2D eigenvalue weighted by Crippen LogP contribution is 2.28. The van der Waals surface area contributed by atoms with Gasteiger partial charge in [0.1, 0.15) is 25.0 Å². The maximum atomic E-state index is 12.0. The molecule has 4 N–H and O–H groups in total. The smallest absolute Gasteiger partial charge is 0.219 e. The highest BCUT2D eigenvalue weighted by molar-refractivity contribution is 4.94. The number of rotatable bonds is 2. The number of ether oxygens (including phenoxy) is 1. The van der Waals surface area contributed by atoms with E-state index in [9.17, 15) is 9.50 Å². The van der Waals surface area contributed by atoms with Crippen molar-refractivity contribution in [3.05, 3.63) is 0 Å². The standard InChI is InChI=1S/C6H11FO5/c7-1-3-4(9)5(10)6(11,2-8)12-3/h3-5,8-11H,1-2H2/t3-,4-,5+,6+/m1/s1. The van der Waals surface area contributed by atoms with Crippen molar-refractivity contribution < 1.29 is 29.6 Å². The predicted molar refractivity (Wildman–Crippen MR) is 34.9 cm³/mol. The minimum absolute atomic E-state index is 0.887. The van der Waals surface area contributed by atoms with Crippen molar-refractivity contribution in [1.82, 2.24) is 0 Å². The summed E-state index contributed by atoms with van der Waals surface area (Å²) < 4.78 is 16.5. The summed E-state index contributed by atoms with van der Waals surface area (Å²) in [6, 6.07) is 0. The first-order chi connectivity index (χ1) is 5.55. The second-order valence-electron chi connectivity index (χ2n) is 2.75. The van der Waals surface area contributed by atoms with Gasteiger partial charge in [-0.2, -0.15) is 0 Å². The number of hydrogen-bond donors (Lipinski definition) is 4. The summed E-state index contributed by atoms with van der Waals surface area (Å²) in [4.78, 5) is 0. The lowest BCUT2D eigenvalue weighted by Crippen LogP contribution is -2.46. The number of alkyl halides is 1. The Balaban J connectivity index is 2.72. The number of aliphatic hydroxyl groups excluding tert-OH is 3. The second-order valence-corrected chi connectivity index (χ2v) is 2.75. The molecule has 1 fully saturated rings. The van der Waals surface area contributed by atoms with Crippen molar-refractivity contribution in [2.75, 3.05) is 13.3 Å². The first kappa shape index (κ1) is 9.82. The van der Waals surface area contributed by atoms with Crippen molar-refractivity contribution in [1.29, 1.82) is 0 Å². The molecule has 0 bridgehead atoms. The lowest BCUT2D eigenvalue weighted by molar-refractivity contribution is -0.246. The van der Waals surface area contributed by atoms with Crippen LogP contribution in [0.2, 0.25) is 0 Å². The summed E-state index contributed by atoms with van der Waals surface area (Å²) in [5.74, 6) is -2.24. The summed E-state index contributed by atoms with van der Waals surface area (Å²) in [5.41, 5.74) is 0. The molecule has 0 aromatic carbocycles. The molecule has 1 heterocycles. The van der Waals surface area contributed by atoms with Crippen LogP contribution >= 0.6 is 0 Å². The average molecular weight is 182 g/mol. The van der Waals surface area contributed by atoms with E-state index in [2.05, 4.69) is 4.74 Å². The van der Waals surface area contributed by atoms with E-state index in [-0.39, 0.29) is 0 Å². The van der Waals surface area contributed by atoms with Crippen molar-refractivity contribution in [2.45, 2.75) is 24.1 Å². The quantitative estimate of drug-likeness (QED) is 0.387. The average Bonchev–Trinajstić information content (AvgIpc) is 2.31. The van der Waals surface area contributed by atoms with E-state index < -0.39 is 37.4 Å². The van der Waals surface area contributed by atoms with E-state index in [1.807, 2.05) is 0 Å². The zero-order valence-corrected chi connectivity index (χ0v) is 6.22. The highest BCUT2D eigenvalue weighted by atomic mass is 19.1. The molecule has 0 unspecified atom stereocenters. The van der Waals surface area contributed by atoms with Gasteiger partial charge in [-0.25, -0.2) is 4.39 Å². The molecule has 1 saturated heterocycles. The molecule has 0 aliphatic carbocycles. The van der Waals surface area contributed by atoms with Crippen LogP contribution in [0.1, 0.15) is 0 Å². The molecule has 1 aliphatic rings. The van der Waals surface area contributed by atoms with E-state index >= 15 is 0 Å². The van der Waals surface area contributed by atoms with Crippen LogP contribution in [-0.2, 0) is 4.74 Å². The summed E-state index contributed by atoms with van der Waals surface area (Å²) in [5, 5.41) is 35.9. The lowest BCUT2D eigenvalue weighted by Gasteiger charge is -2.22. The number of halogens is 1. The Morgan fingerprint density at radius 3 is 2.25 bits per heavy atom. The van der Waals surface area contributed by atoms with Crippen LogP contribution < -0.4 is 0 Å². The van der Waals surface area contributed by atoms with Gasteiger partial charge in [0.25, 0.3) is 0 Å². The van der Waals surface area contributed by atoms with Crippen molar-refractivity contribution >= 4 is 0 Å². The van der Waals surface area contributed by atoms with E-state index in [0.717, 1.165) is 0 Å². The van der Waals surface area contributed by atoms with Gasteiger partial charge in [0.15, 0.2) is 0 Å². The van der Waals surface area contributed by atoms with E-state index in [4.69, 9.17) is 15.3 Å². The first-order valence-corrected chi connectivity index (χ1v) is 3.48. The molecule has 6 heteroatoms. The van der Waals surface area contributed by atoms with Gasteiger partial charge >= 0.3 is 0 Å². The van der Waals surface area contributed by atoms with Gasteiger partial charge in [-0.1, -0.05) is 0 Å². The number of hydrogen-bond acceptors (Lipinski definition) is 5. The fourth-order valence-electron chi connectivity index (χ4n) is 1.13. The molecule has 0 amide bonds. The fourth-order valence-corrected chi connectivity index (χ4v) is 1.13. The maximum Gasteiger partial charge on any atom is 0.219 e. The summed E-state index contributed by atoms with van der Waals surface area (Å²) in [6.45, 7) is -1.91. The molecule has 1 aliphatic heterocycles. The van der Waals surface area contributed by atoms with Gasteiger partial charge in [0.2, 0.25) is 5.79 Å². The summed E-state index contributed by atoms with van der Waals surface area (Å²) in [6.07, 6.45) is -4.47. The van der Waals surface area contributed by atoms with Crippen LogP contribution in [-0.4, -0.2) is 57.8 Å². The molecular weight excluding hydrogens is 171 g/mol. The Morgan fingerprint density at radius 1 is 1.42 bits per heavy atom. The van der Waals surface area contributed by atoms with Gasteiger partial charge in [-0.3, -0.25) is 0 Å². The zero-order chi connectivity index (χ0) is 9.35. The molecule has 4 atom stereocenters. The van der Waals surface area contributed by atoms with E-state index in [1.165, 1.54) is 0 Å². The Kier molecular flexibility index (Phi) is 2.64. The minimum atomic E-state index is -2.24. The van der Waals surface area contributed by atoms with Crippen LogP contribution in [0, 0.1) is 0 Å². The maximum absolute atomic E-state index is 12.0. The summed E-state index contributed by atoms with van der Waals surface area (Å²) in [7, 11) is 0. The van der Waals surface area contributed by atoms with Crippen LogP contribution in [0.15, 0.2) is 0 Å². The fraction of sp³-hybridized carbons (Fsp3) is 1.00. The van der Waals surface area contributed by atoms with E-state index in [1.54, 1.807) is 0 Å². The Bertz CT molecular complexity index is 166.